The quantitative estimate of drug-likeness (QED) is 0.423. The van der Waals surface area contributed by atoms with Gasteiger partial charge in [0.25, 0.3) is 0 Å². The minimum absolute atomic E-state index is 0.288. The number of fused-ring (bicyclic) bond motifs is 1. The normalized spacial score (nSPS) is 12.6. The Labute approximate surface area is 191 Å². The summed E-state index contributed by atoms with van der Waals surface area (Å²) in [5.74, 6) is 0.698. The van der Waals surface area contributed by atoms with Crippen molar-refractivity contribution in [2.24, 2.45) is 0 Å². The first-order chi connectivity index (χ1) is 15.8. The first-order valence-corrected chi connectivity index (χ1v) is 12.4. The van der Waals surface area contributed by atoms with Crippen LogP contribution in [-0.2, 0) is 9.84 Å². The first-order valence-electron chi connectivity index (χ1n) is 10.3. The summed E-state index contributed by atoms with van der Waals surface area (Å²) in [4.78, 5) is 24.5. The molecule has 172 valence electrons. The zero-order valence-corrected chi connectivity index (χ0v) is 19.3. The van der Waals surface area contributed by atoms with Gasteiger partial charge in [-0.15, -0.1) is 0 Å². The highest BCUT2D eigenvalue weighted by atomic mass is 32.2. The molecule has 4 rings (SSSR count). The van der Waals surface area contributed by atoms with Crippen LogP contribution >= 0.6 is 0 Å². The van der Waals surface area contributed by atoms with E-state index in [0.29, 0.717) is 34.8 Å². The van der Waals surface area contributed by atoms with Crippen molar-refractivity contribution >= 4 is 21.0 Å². The Morgan fingerprint density at radius 2 is 1.94 bits per heavy atom. The molecule has 33 heavy (non-hydrogen) atoms. The van der Waals surface area contributed by atoms with Gasteiger partial charge in [-0.25, -0.2) is 18.2 Å². The minimum atomic E-state index is -3.46. The van der Waals surface area contributed by atoms with Crippen molar-refractivity contribution in [2.75, 3.05) is 25.7 Å². The van der Waals surface area contributed by atoms with Gasteiger partial charge in [0, 0.05) is 36.0 Å². The van der Waals surface area contributed by atoms with Crippen molar-refractivity contribution < 1.29 is 17.9 Å². The number of sulfone groups is 1. The number of ether oxygens (including phenoxy) is 2. The number of rotatable bonds is 8. The van der Waals surface area contributed by atoms with Crippen molar-refractivity contribution in [3.05, 3.63) is 71.0 Å². The van der Waals surface area contributed by atoms with E-state index < -0.39 is 21.6 Å². The lowest BCUT2D eigenvalue weighted by molar-refractivity contribution is 0.310. The molecule has 10 heteroatoms. The van der Waals surface area contributed by atoms with Gasteiger partial charge in [-0.3, -0.25) is 9.55 Å². The molecule has 0 radical (unpaired) electrons. The summed E-state index contributed by atoms with van der Waals surface area (Å²) >= 11 is 0. The van der Waals surface area contributed by atoms with E-state index in [0.717, 1.165) is 17.4 Å². The van der Waals surface area contributed by atoms with Gasteiger partial charge >= 0.3 is 5.69 Å². The number of hydrogen-bond donors (Lipinski definition) is 1. The molecule has 0 amide bonds. The second-order valence-corrected chi connectivity index (χ2v) is 9.77. The molecule has 9 nitrogen and oxygen atoms in total. The van der Waals surface area contributed by atoms with Gasteiger partial charge in [0.15, 0.2) is 17.1 Å². The van der Waals surface area contributed by atoms with E-state index >= 15 is 0 Å². The molecule has 0 aliphatic heterocycles. The molecule has 0 saturated carbocycles. The molecule has 1 atom stereocenters. The molecule has 1 N–H and O–H groups in total. The number of hydrogen-bond acceptors (Lipinski definition) is 7. The molecule has 0 spiro atoms. The maximum absolute atomic E-state index is 13.0. The molecule has 0 fully saturated rings. The van der Waals surface area contributed by atoms with Gasteiger partial charge in [0.2, 0.25) is 0 Å². The van der Waals surface area contributed by atoms with Crippen LogP contribution in [0.3, 0.4) is 0 Å². The number of nitrogens with zero attached hydrogens (tertiary/aromatic N) is 3. The Hall–Kier alpha value is -3.66. The fraction of sp³-hybridized carbons (Fsp3) is 0.261. The first kappa shape index (κ1) is 22.5. The molecule has 1 aromatic carbocycles. The standard InChI is InChI=1S/C23H24N4O5S/c1-4-32-21-11-15(7-8-20(21)31-2)19(14-33(3,29)30)27-22-18(26-23(27)28)10-17(13-25-22)16-6-5-9-24-12-16/h5-13,19H,4,14H2,1-3H3,(H,26,28)/t19-/m1/s1. The van der Waals surface area contributed by atoms with Crippen LogP contribution in [0, 0.1) is 0 Å². The lowest BCUT2D eigenvalue weighted by Crippen LogP contribution is -2.28. The van der Waals surface area contributed by atoms with Gasteiger partial charge in [0.05, 0.1) is 31.0 Å². The van der Waals surface area contributed by atoms with Gasteiger partial charge < -0.3 is 14.5 Å². The molecule has 0 aliphatic rings. The van der Waals surface area contributed by atoms with Crippen LogP contribution in [0.25, 0.3) is 22.3 Å². The van der Waals surface area contributed by atoms with Crippen molar-refractivity contribution in [3.8, 4) is 22.6 Å². The van der Waals surface area contributed by atoms with E-state index in [1.165, 1.54) is 11.7 Å². The topological polar surface area (TPSA) is 116 Å². The highest BCUT2D eigenvalue weighted by Gasteiger charge is 2.25. The highest BCUT2D eigenvalue weighted by Crippen LogP contribution is 2.33. The monoisotopic (exact) mass is 468 g/mol. The Kier molecular flexibility index (Phi) is 6.19. The third-order valence-corrected chi connectivity index (χ3v) is 6.12. The van der Waals surface area contributed by atoms with Crippen molar-refractivity contribution in [3.63, 3.8) is 0 Å². The number of imidazole rings is 1. The van der Waals surface area contributed by atoms with Crippen LogP contribution in [0.5, 0.6) is 11.5 Å². The fourth-order valence-electron chi connectivity index (χ4n) is 3.77. The molecule has 0 bridgehead atoms. The van der Waals surface area contributed by atoms with E-state index in [1.807, 2.05) is 19.1 Å². The van der Waals surface area contributed by atoms with E-state index in [2.05, 4.69) is 15.0 Å². The predicted molar refractivity (Wildman–Crippen MR) is 126 cm³/mol. The average molecular weight is 469 g/mol. The maximum Gasteiger partial charge on any atom is 0.328 e. The van der Waals surface area contributed by atoms with E-state index in [-0.39, 0.29) is 5.75 Å². The lowest BCUT2D eigenvalue weighted by Gasteiger charge is -2.20. The van der Waals surface area contributed by atoms with Crippen LogP contribution in [-0.4, -0.2) is 53.7 Å². The molecular formula is C23H24N4O5S. The molecule has 3 heterocycles. The number of H-pyrrole nitrogens is 1. The summed E-state index contributed by atoms with van der Waals surface area (Å²) in [6.07, 6.45) is 6.16. The molecular weight excluding hydrogens is 444 g/mol. The molecule has 3 aromatic heterocycles. The fourth-order valence-corrected chi connectivity index (χ4v) is 4.68. The smallest absolute Gasteiger partial charge is 0.328 e. The Balaban J connectivity index is 1.88. The highest BCUT2D eigenvalue weighted by molar-refractivity contribution is 7.90. The summed E-state index contributed by atoms with van der Waals surface area (Å²) in [5.41, 5.74) is 2.62. The van der Waals surface area contributed by atoms with Crippen LogP contribution in [0.15, 0.2) is 59.8 Å². The van der Waals surface area contributed by atoms with Crippen LogP contribution in [0.2, 0.25) is 0 Å². The van der Waals surface area contributed by atoms with Gasteiger partial charge in [-0.05, 0) is 36.8 Å². The third-order valence-electron chi connectivity index (χ3n) is 5.19. The number of methoxy groups -OCH3 is 1. The second-order valence-electron chi connectivity index (χ2n) is 7.59. The van der Waals surface area contributed by atoms with Gasteiger partial charge in [-0.2, -0.15) is 0 Å². The van der Waals surface area contributed by atoms with Gasteiger partial charge in [-0.1, -0.05) is 12.1 Å². The van der Waals surface area contributed by atoms with Gasteiger partial charge in [0.1, 0.15) is 9.84 Å². The minimum Gasteiger partial charge on any atom is -0.493 e. The SMILES string of the molecule is CCOc1cc([C@@H](CS(C)(=O)=O)n2c(=O)[nH]c3cc(-c4cccnc4)cnc32)ccc1OC. The maximum atomic E-state index is 13.0. The van der Waals surface area contributed by atoms with E-state index in [1.54, 1.807) is 42.9 Å². The molecule has 0 unspecified atom stereocenters. The van der Waals surface area contributed by atoms with Crippen molar-refractivity contribution in [1.82, 2.24) is 19.5 Å². The third kappa shape index (κ3) is 4.75. The number of aromatic amines is 1. The summed E-state index contributed by atoms with van der Waals surface area (Å²) in [6, 6.07) is 9.82. The number of pyridine rings is 2. The number of nitrogens with one attached hydrogen (secondary N) is 1. The summed E-state index contributed by atoms with van der Waals surface area (Å²) in [6.45, 7) is 2.25. The van der Waals surface area contributed by atoms with E-state index in [9.17, 15) is 13.2 Å². The van der Waals surface area contributed by atoms with Crippen LogP contribution < -0.4 is 15.2 Å². The largest absolute Gasteiger partial charge is 0.493 e. The average Bonchev–Trinajstić information content (AvgIpc) is 3.12. The Morgan fingerprint density at radius 3 is 2.61 bits per heavy atom. The summed E-state index contributed by atoms with van der Waals surface area (Å²) < 4.78 is 37.0. The Bertz CT molecular complexity index is 1440. The number of aromatic nitrogens is 4. The zero-order chi connectivity index (χ0) is 23.6. The molecule has 4 aromatic rings. The van der Waals surface area contributed by atoms with Crippen LogP contribution in [0.1, 0.15) is 18.5 Å². The van der Waals surface area contributed by atoms with Crippen LogP contribution in [0.4, 0.5) is 0 Å². The lowest BCUT2D eigenvalue weighted by atomic mass is 10.1. The molecule has 0 aliphatic carbocycles. The zero-order valence-electron chi connectivity index (χ0n) is 18.5. The Morgan fingerprint density at radius 1 is 1.12 bits per heavy atom. The van der Waals surface area contributed by atoms with E-state index in [4.69, 9.17) is 9.47 Å². The summed E-state index contributed by atoms with van der Waals surface area (Å²) in [5, 5.41) is 0. The summed E-state index contributed by atoms with van der Waals surface area (Å²) in [7, 11) is -1.93. The van der Waals surface area contributed by atoms with Crippen molar-refractivity contribution in [1.29, 1.82) is 0 Å². The number of benzene rings is 1. The van der Waals surface area contributed by atoms with Crippen molar-refractivity contribution in [2.45, 2.75) is 13.0 Å². The predicted octanol–water partition coefficient (Wildman–Crippen LogP) is 2.83. The molecule has 0 saturated heterocycles. The second kappa shape index (κ2) is 9.07.